The van der Waals surface area contributed by atoms with Crippen molar-refractivity contribution in [1.82, 2.24) is 4.90 Å². The van der Waals surface area contributed by atoms with Crippen LogP contribution in [-0.2, 0) is 19.1 Å². The Morgan fingerprint density at radius 2 is 1.85 bits per heavy atom. The number of esters is 1. The molecule has 0 unspecified atom stereocenters. The van der Waals surface area contributed by atoms with Crippen LogP contribution in [-0.4, -0.2) is 47.2 Å². The number of carbonyl (C=O) groups excluding carboxylic acids is 4. The molecule has 0 aliphatic carbocycles. The minimum atomic E-state index is -0.655. The SMILES string of the molecule is Cc1ccc(NC(=O)COc2ccccc2/C=C2\SC(=O)N(CC(=O)OC(C)C)C2=O)c(C)c1. The molecule has 9 heteroatoms. The average molecular weight is 483 g/mol. The van der Waals surface area contributed by atoms with Crippen LogP contribution in [0.25, 0.3) is 6.08 Å². The summed E-state index contributed by atoms with van der Waals surface area (Å²) in [6.45, 7) is 6.58. The van der Waals surface area contributed by atoms with Gasteiger partial charge < -0.3 is 14.8 Å². The van der Waals surface area contributed by atoms with Crippen LogP contribution >= 0.6 is 11.8 Å². The van der Waals surface area contributed by atoms with E-state index in [2.05, 4.69) is 5.32 Å². The van der Waals surface area contributed by atoms with E-state index in [1.165, 1.54) is 6.08 Å². The smallest absolute Gasteiger partial charge is 0.326 e. The lowest BCUT2D eigenvalue weighted by molar-refractivity contribution is -0.149. The quantitative estimate of drug-likeness (QED) is 0.442. The number of rotatable bonds is 8. The number of thioether (sulfide) groups is 1. The first-order valence-corrected chi connectivity index (χ1v) is 11.5. The van der Waals surface area contributed by atoms with Gasteiger partial charge in [0, 0.05) is 11.3 Å². The van der Waals surface area contributed by atoms with Gasteiger partial charge in [0.2, 0.25) is 0 Å². The summed E-state index contributed by atoms with van der Waals surface area (Å²) >= 11 is 0.731. The number of hydrogen-bond donors (Lipinski definition) is 1. The Hall–Kier alpha value is -3.59. The largest absolute Gasteiger partial charge is 0.483 e. The zero-order chi connectivity index (χ0) is 24.8. The van der Waals surface area contributed by atoms with Crippen LogP contribution in [0, 0.1) is 13.8 Å². The van der Waals surface area contributed by atoms with Crippen molar-refractivity contribution in [3.05, 3.63) is 64.1 Å². The second-order valence-electron chi connectivity index (χ2n) is 8.00. The number of para-hydroxylation sites is 1. The fraction of sp³-hybridized carbons (Fsp3) is 0.280. The van der Waals surface area contributed by atoms with Crippen LogP contribution in [0.1, 0.15) is 30.5 Å². The van der Waals surface area contributed by atoms with E-state index >= 15 is 0 Å². The molecule has 0 atom stereocenters. The molecule has 1 fully saturated rings. The van der Waals surface area contributed by atoms with E-state index in [0.717, 1.165) is 27.8 Å². The van der Waals surface area contributed by atoms with Crippen molar-refractivity contribution in [1.29, 1.82) is 0 Å². The fourth-order valence-electron chi connectivity index (χ4n) is 3.22. The van der Waals surface area contributed by atoms with E-state index in [1.807, 2.05) is 32.0 Å². The summed E-state index contributed by atoms with van der Waals surface area (Å²) in [6.07, 6.45) is 1.16. The van der Waals surface area contributed by atoms with Gasteiger partial charge >= 0.3 is 5.97 Å². The van der Waals surface area contributed by atoms with Gasteiger partial charge in [0.15, 0.2) is 6.61 Å². The summed E-state index contributed by atoms with van der Waals surface area (Å²) < 4.78 is 10.7. The summed E-state index contributed by atoms with van der Waals surface area (Å²) in [6, 6.07) is 12.6. The maximum atomic E-state index is 12.7. The molecule has 2 aromatic carbocycles. The molecule has 3 amide bonds. The van der Waals surface area contributed by atoms with Crippen molar-refractivity contribution >= 4 is 46.5 Å². The van der Waals surface area contributed by atoms with Gasteiger partial charge in [-0.25, -0.2) is 0 Å². The van der Waals surface area contributed by atoms with Crippen LogP contribution in [0.15, 0.2) is 47.4 Å². The molecule has 0 aromatic heterocycles. The number of hydrogen-bond acceptors (Lipinski definition) is 7. The number of carbonyl (C=O) groups is 4. The number of nitrogens with one attached hydrogen (secondary N) is 1. The lowest BCUT2D eigenvalue weighted by Gasteiger charge is -2.13. The second kappa shape index (κ2) is 11.0. The highest BCUT2D eigenvalue weighted by Crippen LogP contribution is 2.34. The molecule has 3 rings (SSSR count). The van der Waals surface area contributed by atoms with Gasteiger partial charge in [-0.05, 0) is 63.2 Å². The normalized spacial score (nSPS) is 14.6. The monoisotopic (exact) mass is 482 g/mol. The highest BCUT2D eigenvalue weighted by molar-refractivity contribution is 8.18. The van der Waals surface area contributed by atoms with Crippen LogP contribution < -0.4 is 10.1 Å². The Kier molecular flexibility index (Phi) is 8.12. The molecule has 0 spiro atoms. The van der Waals surface area contributed by atoms with Gasteiger partial charge in [-0.15, -0.1) is 0 Å². The number of aryl methyl sites for hydroxylation is 2. The molecule has 0 radical (unpaired) electrons. The van der Waals surface area contributed by atoms with Crippen molar-refractivity contribution < 1.29 is 28.7 Å². The minimum Gasteiger partial charge on any atom is -0.483 e. The van der Waals surface area contributed by atoms with E-state index in [4.69, 9.17) is 9.47 Å². The molecule has 0 bridgehead atoms. The van der Waals surface area contributed by atoms with Crippen LogP contribution in [0.5, 0.6) is 5.75 Å². The van der Waals surface area contributed by atoms with Crippen molar-refractivity contribution in [3.8, 4) is 5.75 Å². The van der Waals surface area contributed by atoms with Crippen molar-refractivity contribution in [2.75, 3.05) is 18.5 Å². The zero-order valence-electron chi connectivity index (χ0n) is 19.4. The third kappa shape index (κ3) is 6.48. The second-order valence-corrected chi connectivity index (χ2v) is 8.99. The standard InChI is InChI=1S/C25H26N2O6S/c1-15(2)33-23(29)13-27-24(30)21(34-25(27)31)12-18-7-5-6-8-20(18)32-14-22(28)26-19-10-9-16(3)11-17(19)4/h5-12,15H,13-14H2,1-4H3,(H,26,28)/b21-12-. The van der Waals surface area contributed by atoms with Crippen LogP contribution in [0.4, 0.5) is 10.5 Å². The number of nitrogens with zero attached hydrogens (tertiary/aromatic N) is 1. The van der Waals surface area contributed by atoms with Crippen molar-refractivity contribution in [2.45, 2.75) is 33.8 Å². The van der Waals surface area contributed by atoms with Gasteiger partial charge in [-0.3, -0.25) is 24.1 Å². The first kappa shape index (κ1) is 25.0. The highest BCUT2D eigenvalue weighted by atomic mass is 32.2. The number of imide groups is 1. The summed E-state index contributed by atoms with van der Waals surface area (Å²) in [5.74, 6) is -1.19. The molecule has 1 N–H and O–H groups in total. The lowest BCUT2D eigenvalue weighted by atomic mass is 10.1. The van der Waals surface area contributed by atoms with Gasteiger partial charge in [0.05, 0.1) is 11.0 Å². The van der Waals surface area contributed by atoms with Crippen LogP contribution in [0.2, 0.25) is 0 Å². The molecule has 34 heavy (non-hydrogen) atoms. The minimum absolute atomic E-state index is 0.151. The molecular formula is C25H26N2O6S. The van der Waals surface area contributed by atoms with Gasteiger partial charge in [0.1, 0.15) is 12.3 Å². The maximum Gasteiger partial charge on any atom is 0.326 e. The number of benzene rings is 2. The van der Waals surface area contributed by atoms with E-state index in [9.17, 15) is 19.2 Å². The number of amides is 3. The summed E-state index contributed by atoms with van der Waals surface area (Å²) in [5.41, 5.74) is 3.28. The average Bonchev–Trinajstić information content (AvgIpc) is 3.02. The molecule has 1 heterocycles. The molecule has 0 saturated carbocycles. The van der Waals surface area contributed by atoms with E-state index in [1.54, 1.807) is 38.1 Å². The first-order valence-electron chi connectivity index (χ1n) is 10.7. The van der Waals surface area contributed by atoms with E-state index < -0.39 is 23.7 Å². The highest BCUT2D eigenvalue weighted by Gasteiger charge is 2.37. The third-order valence-corrected chi connectivity index (χ3v) is 5.66. The molecule has 1 aliphatic heterocycles. The topological polar surface area (TPSA) is 102 Å². The number of ether oxygens (including phenoxy) is 2. The van der Waals surface area contributed by atoms with E-state index in [0.29, 0.717) is 17.0 Å². The summed E-state index contributed by atoms with van der Waals surface area (Å²) in [5, 5.41) is 2.27. The lowest BCUT2D eigenvalue weighted by Crippen LogP contribution is -2.35. The van der Waals surface area contributed by atoms with Gasteiger partial charge in [0.25, 0.3) is 17.1 Å². The van der Waals surface area contributed by atoms with Crippen molar-refractivity contribution in [2.24, 2.45) is 0 Å². The molecular weight excluding hydrogens is 456 g/mol. The Labute approximate surface area is 202 Å². The first-order chi connectivity index (χ1) is 16.1. The molecule has 1 aliphatic rings. The Bertz CT molecular complexity index is 1160. The predicted molar refractivity (Wildman–Crippen MR) is 130 cm³/mol. The molecule has 178 valence electrons. The molecule has 2 aromatic rings. The maximum absolute atomic E-state index is 12.7. The summed E-state index contributed by atoms with van der Waals surface area (Å²) in [4.78, 5) is 50.2. The van der Waals surface area contributed by atoms with Gasteiger partial charge in [-0.1, -0.05) is 35.9 Å². The fourth-order valence-corrected chi connectivity index (χ4v) is 4.05. The third-order valence-electron chi connectivity index (χ3n) is 4.75. The Balaban J connectivity index is 1.67. The van der Waals surface area contributed by atoms with E-state index in [-0.39, 0.29) is 23.5 Å². The predicted octanol–water partition coefficient (Wildman–Crippen LogP) is 4.31. The molecule has 8 nitrogen and oxygen atoms in total. The van der Waals surface area contributed by atoms with Crippen LogP contribution in [0.3, 0.4) is 0 Å². The zero-order valence-corrected chi connectivity index (χ0v) is 20.2. The summed E-state index contributed by atoms with van der Waals surface area (Å²) in [7, 11) is 0. The van der Waals surface area contributed by atoms with Crippen molar-refractivity contribution in [3.63, 3.8) is 0 Å². The Morgan fingerprint density at radius 1 is 1.12 bits per heavy atom. The Morgan fingerprint density at radius 3 is 2.56 bits per heavy atom. The van der Waals surface area contributed by atoms with Gasteiger partial charge in [-0.2, -0.15) is 0 Å². The molecule has 1 saturated heterocycles. The number of anilines is 1.